The van der Waals surface area contributed by atoms with E-state index in [-0.39, 0.29) is 12.1 Å². The number of pyridine rings is 1. The summed E-state index contributed by atoms with van der Waals surface area (Å²) in [6.45, 7) is 1.89. The Kier molecular flexibility index (Phi) is 3.60. The van der Waals surface area contributed by atoms with Gasteiger partial charge in [0.2, 0.25) is 5.88 Å². The first-order valence-corrected chi connectivity index (χ1v) is 5.98. The predicted molar refractivity (Wildman–Crippen MR) is 64.5 cm³/mol. The highest BCUT2D eigenvalue weighted by molar-refractivity contribution is 5.43. The molecule has 0 amide bonds. The molecule has 17 heavy (non-hydrogen) atoms. The molecule has 2 rings (SSSR count). The zero-order valence-electron chi connectivity index (χ0n) is 10.0. The normalized spacial score (nSPS) is 24.1. The molecule has 0 saturated heterocycles. The fourth-order valence-corrected chi connectivity index (χ4v) is 2.20. The molecule has 0 radical (unpaired) electrons. The summed E-state index contributed by atoms with van der Waals surface area (Å²) in [6.07, 6.45) is 5.76. The van der Waals surface area contributed by atoms with Crippen LogP contribution in [-0.4, -0.2) is 17.1 Å². The van der Waals surface area contributed by atoms with Crippen LogP contribution in [0.4, 0.5) is 0 Å². The van der Waals surface area contributed by atoms with E-state index in [1.165, 1.54) is 0 Å². The molecule has 1 aromatic rings. The number of nitriles is 1. The number of ether oxygens (including phenoxy) is 1. The van der Waals surface area contributed by atoms with Gasteiger partial charge in [-0.1, -0.05) is 0 Å². The summed E-state index contributed by atoms with van der Waals surface area (Å²) >= 11 is 0. The number of aromatic nitrogens is 1. The molecule has 90 valence electrons. The molecule has 0 aromatic carbocycles. The summed E-state index contributed by atoms with van der Waals surface area (Å²) in [5.41, 5.74) is 7.35. The summed E-state index contributed by atoms with van der Waals surface area (Å²) in [5, 5.41) is 9.09. The van der Waals surface area contributed by atoms with E-state index in [2.05, 4.69) is 11.1 Å². The Labute approximate surface area is 101 Å². The lowest BCUT2D eigenvalue weighted by Gasteiger charge is -2.27. The van der Waals surface area contributed by atoms with Gasteiger partial charge < -0.3 is 10.5 Å². The zero-order chi connectivity index (χ0) is 12.3. The van der Waals surface area contributed by atoms with E-state index in [4.69, 9.17) is 15.7 Å². The van der Waals surface area contributed by atoms with Crippen LogP contribution in [0.15, 0.2) is 12.3 Å². The molecule has 4 nitrogen and oxygen atoms in total. The standard InChI is InChI=1S/C13H17N3O/c1-9-5-6-16-13(12(9)8-14)17-11-4-2-3-10(15)7-11/h5-6,10-11H,2-4,7,15H2,1H3. The Morgan fingerprint density at radius 3 is 3.06 bits per heavy atom. The van der Waals surface area contributed by atoms with Gasteiger partial charge in [0.05, 0.1) is 0 Å². The van der Waals surface area contributed by atoms with E-state index < -0.39 is 0 Å². The average molecular weight is 231 g/mol. The summed E-state index contributed by atoms with van der Waals surface area (Å²) in [7, 11) is 0. The zero-order valence-corrected chi connectivity index (χ0v) is 10.0. The molecular weight excluding hydrogens is 214 g/mol. The first kappa shape index (κ1) is 11.9. The summed E-state index contributed by atoms with van der Waals surface area (Å²) in [5.74, 6) is 0.451. The second-order valence-corrected chi connectivity index (χ2v) is 4.59. The van der Waals surface area contributed by atoms with E-state index in [1.54, 1.807) is 6.20 Å². The van der Waals surface area contributed by atoms with Crippen molar-refractivity contribution in [1.82, 2.24) is 4.98 Å². The number of nitrogens with two attached hydrogens (primary N) is 1. The quantitative estimate of drug-likeness (QED) is 0.843. The number of hydrogen-bond acceptors (Lipinski definition) is 4. The molecule has 0 aliphatic heterocycles. The van der Waals surface area contributed by atoms with Crippen LogP contribution in [-0.2, 0) is 0 Å². The van der Waals surface area contributed by atoms with Gasteiger partial charge in [-0.2, -0.15) is 5.26 Å². The van der Waals surface area contributed by atoms with Crippen LogP contribution in [0.2, 0.25) is 0 Å². The van der Waals surface area contributed by atoms with E-state index in [1.807, 2.05) is 13.0 Å². The molecule has 2 N–H and O–H groups in total. The molecule has 0 spiro atoms. The smallest absolute Gasteiger partial charge is 0.232 e. The molecule has 1 aliphatic carbocycles. The highest BCUT2D eigenvalue weighted by Gasteiger charge is 2.22. The maximum Gasteiger partial charge on any atom is 0.232 e. The molecule has 0 bridgehead atoms. The van der Waals surface area contributed by atoms with Crippen molar-refractivity contribution in [3.63, 3.8) is 0 Å². The Morgan fingerprint density at radius 1 is 1.53 bits per heavy atom. The fourth-order valence-electron chi connectivity index (χ4n) is 2.20. The van der Waals surface area contributed by atoms with Crippen molar-refractivity contribution in [3.8, 4) is 11.9 Å². The Morgan fingerprint density at radius 2 is 2.35 bits per heavy atom. The van der Waals surface area contributed by atoms with Gasteiger partial charge in [-0.05, 0) is 44.2 Å². The van der Waals surface area contributed by atoms with Crippen LogP contribution in [0.3, 0.4) is 0 Å². The summed E-state index contributed by atoms with van der Waals surface area (Å²) in [4.78, 5) is 4.14. The largest absolute Gasteiger partial charge is 0.473 e. The maximum atomic E-state index is 9.09. The van der Waals surface area contributed by atoms with E-state index in [0.717, 1.165) is 31.2 Å². The molecule has 1 fully saturated rings. The molecule has 1 aromatic heterocycles. The highest BCUT2D eigenvalue weighted by Crippen LogP contribution is 2.25. The van der Waals surface area contributed by atoms with Gasteiger partial charge in [-0.3, -0.25) is 0 Å². The molecular formula is C13H17N3O. The monoisotopic (exact) mass is 231 g/mol. The minimum absolute atomic E-state index is 0.0974. The summed E-state index contributed by atoms with van der Waals surface area (Å²) in [6, 6.07) is 4.18. The minimum Gasteiger partial charge on any atom is -0.473 e. The van der Waals surface area contributed by atoms with Crippen LogP contribution < -0.4 is 10.5 Å². The summed E-state index contributed by atoms with van der Waals surface area (Å²) < 4.78 is 5.81. The maximum absolute atomic E-state index is 9.09. The van der Waals surface area contributed by atoms with Crippen molar-refractivity contribution in [2.45, 2.75) is 44.8 Å². The number of nitrogens with zero attached hydrogens (tertiary/aromatic N) is 2. The van der Waals surface area contributed by atoms with Crippen LogP contribution >= 0.6 is 0 Å². The first-order valence-electron chi connectivity index (χ1n) is 5.98. The van der Waals surface area contributed by atoms with E-state index in [9.17, 15) is 0 Å². The molecule has 2 unspecified atom stereocenters. The SMILES string of the molecule is Cc1ccnc(OC2CCCC(N)C2)c1C#N. The molecule has 1 aliphatic rings. The van der Waals surface area contributed by atoms with Crippen LogP contribution in [0.25, 0.3) is 0 Å². The topological polar surface area (TPSA) is 71.9 Å². The molecule has 2 atom stereocenters. The second-order valence-electron chi connectivity index (χ2n) is 4.59. The third-order valence-corrected chi connectivity index (χ3v) is 3.18. The van der Waals surface area contributed by atoms with Crippen molar-refractivity contribution in [1.29, 1.82) is 5.26 Å². The molecule has 1 heterocycles. The number of rotatable bonds is 2. The van der Waals surface area contributed by atoms with E-state index >= 15 is 0 Å². The van der Waals surface area contributed by atoms with E-state index in [0.29, 0.717) is 11.4 Å². The van der Waals surface area contributed by atoms with Gasteiger partial charge in [0.1, 0.15) is 17.7 Å². The Bertz CT molecular complexity index is 439. The van der Waals surface area contributed by atoms with Crippen molar-refractivity contribution in [3.05, 3.63) is 23.4 Å². The first-order chi connectivity index (χ1) is 8.20. The third kappa shape index (κ3) is 2.75. The predicted octanol–water partition coefficient (Wildman–Crippen LogP) is 1.91. The number of aryl methyl sites for hydroxylation is 1. The molecule has 1 saturated carbocycles. The number of hydrogen-bond donors (Lipinski definition) is 1. The van der Waals surface area contributed by atoms with Gasteiger partial charge in [0, 0.05) is 12.2 Å². The van der Waals surface area contributed by atoms with Crippen molar-refractivity contribution < 1.29 is 4.74 Å². The highest BCUT2D eigenvalue weighted by atomic mass is 16.5. The van der Waals surface area contributed by atoms with Gasteiger partial charge in [-0.25, -0.2) is 4.98 Å². The van der Waals surface area contributed by atoms with Gasteiger partial charge >= 0.3 is 0 Å². The molecule has 4 heteroatoms. The van der Waals surface area contributed by atoms with Crippen molar-refractivity contribution in [2.75, 3.05) is 0 Å². The van der Waals surface area contributed by atoms with Crippen molar-refractivity contribution in [2.24, 2.45) is 5.73 Å². The lowest BCUT2D eigenvalue weighted by atomic mass is 9.93. The second kappa shape index (κ2) is 5.15. The fraction of sp³-hybridized carbons (Fsp3) is 0.538. The van der Waals surface area contributed by atoms with Crippen molar-refractivity contribution >= 4 is 0 Å². The average Bonchev–Trinajstić information content (AvgIpc) is 2.29. The minimum atomic E-state index is 0.0974. The third-order valence-electron chi connectivity index (χ3n) is 3.18. The van der Waals surface area contributed by atoms with Crippen LogP contribution in [0, 0.1) is 18.3 Å². The Balaban J connectivity index is 2.13. The van der Waals surface area contributed by atoms with Crippen LogP contribution in [0.1, 0.15) is 36.8 Å². The van der Waals surface area contributed by atoms with Gasteiger partial charge in [-0.15, -0.1) is 0 Å². The lowest BCUT2D eigenvalue weighted by molar-refractivity contribution is 0.138. The van der Waals surface area contributed by atoms with Gasteiger partial charge in [0.25, 0.3) is 0 Å². The Hall–Kier alpha value is -1.60. The van der Waals surface area contributed by atoms with Gasteiger partial charge in [0.15, 0.2) is 0 Å². The lowest BCUT2D eigenvalue weighted by Crippen LogP contribution is -2.34. The van der Waals surface area contributed by atoms with Crippen LogP contribution in [0.5, 0.6) is 5.88 Å².